The molecule has 0 spiro atoms. The lowest BCUT2D eigenvalue weighted by molar-refractivity contribution is -0.135. The molecule has 0 aliphatic heterocycles. The van der Waals surface area contributed by atoms with Crippen molar-refractivity contribution in [2.45, 2.75) is 68.2 Å². The molecule has 11 heteroatoms. The Labute approximate surface area is 220 Å². The van der Waals surface area contributed by atoms with E-state index in [0.29, 0.717) is 18.5 Å². The predicted molar refractivity (Wildman–Crippen MR) is 146 cm³/mol. The molecule has 2 aromatic rings. The maximum Gasteiger partial charge on any atom is 0.250 e. The Morgan fingerprint density at radius 3 is 2.05 bits per heavy atom. The van der Waals surface area contributed by atoms with E-state index in [1.165, 1.54) is 24.3 Å². The van der Waals surface area contributed by atoms with Crippen LogP contribution in [0, 0.1) is 11.8 Å². The topological polar surface area (TPSA) is 170 Å². The molecule has 0 saturated heterocycles. The van der Waals surface area contributed by atoms with Crippen LogP contribution in [0.2, 0.25) is 0 Å². The number of anilines is 1. The number of hydrogen-bond acceptors (Lipinski definition) is 7. The lowest BCUT2D eigenvalue weighted by Gasteiger charge is -2.37. The molecule has 0 radical (unpaired) electrons. The number of nitrogen functional groups attached to an aromatic ring is 1. The summed E-state index contributed by atoms with van der Waals surface area (Å²) in [5.41, 5.74) is 9.97. The number of carbonyl (C=O) groups excluding carboxylic acids is 1. The quantitative estimate of drug-likeness (QED) is 0.260. The summed E-state index contributed by atoms with van der Waals surface area (Å²) in [5.74, 6) is -1.73. The Hall–Kier alpha value is -2.47. The number of carbonyl (C=O) groups is 1. The van der Waals surface area contributed by atoms with E-state index in [1.54, 1.807) is 12.1 Å². The summed E-state index contributed by atoms with van der Waals surface area (Å²) in [5, 5.41) is 9.44. The van der Waals surface area contributed by atoms with E-state index in [9.17, 15) is 26.7 Å². The van der Waals surface area contributed by atoms with E-state index in [2.05, 4.69) is 4.72 Å². The highest BCUT2D eigenvalue weighted by Crippen LogP contribution is 2.32. The molecular formula is C26H39N3O6S2. The molecule has 0 saturated carbocycles. The Kier molecular flexibility index (Phi) is 10.3. The second kappa shape index (κ2) is 12.4. The van der Waals surface area contributed by atoms with Gasteiger partial charge in [0.05, 0.1) is 4.90 Å². The first-order valence-corrected chi connectivity index (χ1v) is 15.6. The summed E-state index contributed by atoms with van der Waals surface area (Å²) in [6.07, 6.45) is 2.28. The zero-order valence-electron chi connectivity index (χ0n) is 21.8. The molecule has 2 rings (SSSR count). The molecule has 0 heterocycles. The number of nitrogens with two attached hydrogens (primary N) is 2. The van der Waals surface area contributed by atoms with Crippen LogP contribution in [0.1, 0.15) is 45.6 Å². The fourth-order valence-corrected chi connectivity index (χ4v) is 7.80. The van der Waals surface area contributed by atoms with Crippen LogP contribution in [0.4, 0.5) is 5.69 Å². The molecule has 4 unspecified atom stereocenters. The van der Waals surface area contributed by atoms with Gasteiger partial charge in [-0.25, -0.2) is 21.6 Å². The third-order valence-corrected chi connectivity index (χ3v) is 9.78. The third kappa shape index (κ3) is 8.80. The zero-order valence-corrected chi connectivity index (χ0v) is 23.4. The SMILES string of the molecule is CC(C)CCC(CC(Cc1ccccc1)C(C(C)(O)C(N)=O)S(C)(=O)=O)NS(=O)(=O)c1ccc(N)cc1. The number of amides is 1. The summed E-state index contributed by atoms with van der Waals surface area (Å²) in [6, 6.07) is 14.1. The third-order valence-electron chi connectivity index (χ3n) is 6.47. The van der Waals surface area contributed by atoms with Gasteiger partial charge in [0.2, 0.25) is 15.9 Å². The van der Waals surface area contributed by atoms with Gasteiger partial charge >= 0.3 is 0 Å². The molecule has 1 amide bonds. The maximum atomic E-state index is 13.2. The van der Waals surface area contributed by atoms with Crippen LogP contribution in [0.5, 0.6) is 0 Å². The summed E-state index contributed by atoms with van der Waals surface area (Å²) in [6.45, 7) is 5.11. The average molecular weight is 554 g/mol. The summed E-state index contributed by atoms with van der Waals surface area (Å²) < 4.78 is 55.1. The smallest absolute Gasteiger partial charge is 0.250 e. The molecule has 37 heavy (non-hydrogen) atoms. The molecule has 0 fully saturated rings. The molecular weight excluding hydrogens is 514 g/mol. The van der Waals surface area contributed by atoms with Crippen LogP contribution >= 0.6 is 0 Å². The van der Waals surface area contributed by atoms with Crippen LogP contribution < -0.4 is 16.2 Å². The maximum absolute atomic E-state index is 13.2. The van der Waals surface area contributed by atoms with Crippen molar-refractivity contribution in [2.24, 2.45) is 17.6 Å². The Morgan fingerprint density at radius 2 is 1.57 bits per heavy atom. The Morgan fingerprint density at radius 1 is 1.00 bits per heavy atom. The summed E-state index contributed by atoms with van der Waals surface area (Å²) in [7, 11) is -7.97. The van der Waals surface area contributed by atoms with Gasteiger partial charge in [-0.3, -0.25) is 4.79 Å². The fraction of sp³-hybridized carbons (Fsp3) is 0.500. The number of sulfonamides is 1. The highest BCUT2D eigenvalue weighted by atomic mass is 32.2. The predicted octanol–water partition coefficient (Wildman–Crippen LogP) is 2.25. The van der Waals surface area contributed by atoms with Crippen molar-refractivity contribution in [1.29, 1.82) is 0 Å². The highest BCUT2D eigenvalue weighted by molar-refractivity contribution is 7.91. The minimum Gasteiger partial charge on any atom is -0.399 e. The molecule has 4 atom stereocenters. The number of aliphatic hydroxyl groups is 1. The van der Waals surface area contributed by atoms with Gasteiger partial charge in [-0.15, -0.1) is 0 Å². The van der Waals surface area contributed by atoms with Gasteiger partial charge in [0.1, 0.15) is 5.25 Å². The van der Waals surface area contributed by atoms with Crippen molar-refractivity contribution in [1.82, 2.24) is 4.72 Å². The normalized spacial score (nSPS) is 16.6. The van der Waals surface area contributed by atoms with Gasteiger partial charge in [0, 0.05) is 18.0 Å². The van der Waals surface area contributed by atoms with Crippen molar-refractivity contribution in [3.63, 3.8) is 0 Å². The average Bonchev–Trinajstić information content (AvgIpc) is 2.77. The first kappa shape index (κ1) is 30.8. The number of hydrogen-bond donors (Lipinski definition) is 4. The minimum atomic E-state index is -4.01. The molecule has 0 bridgehead atoms. The molecule has 2 aromatic carbocycles. The van der Waals surface area contributed by atoms with Crippen LogP contribution in [0.3, 0.4) is 0 Å². The fourth-order valence-electron chi connectivity index (χ4n) is 4.66. The van der Waals surface area contributed by atoms with Gasteiger partial charge in [-0.2, -0.15) is 0 Å². The van der Waals surface area contributed by atoms with E-state index in [0.717, 1.165) is 18.7 Å². The number of primary amides is 1. The van der Waals surface area contributed by atoms with Crippen LogP contribution in [-0.4, -0.2) is 51.0 Å². The second-order valence-corrected chi connectivity index (χ2v) is 14.2. The van der Waals surface area contributed by atoms with E-state index < -0.39 is 48.6 Å². The summed E-state index contributed by atoms with van der Waals surface area (Å²) in [4.78, 5) is 12.2. The molecule has 0 aliphatic rings. The monoisotopic (exact) mass is 553 g/mol. The summed E-state index contributed by atoms with van der Waals surface area (Å²) >= 11 is 0. The van der Waals surface area contributed by atoms with Crippen LogP contribution in [-0.2, 0) is 31.1 Å². The first-order chi connectivity index (χ1) is 17.0. The van der Waals surface area contributed by atoms with Crippen molar-refractivity contribution in [3.05, 3.63) is 60.2 Å². The Bertz CT molecular complexity index is 1240. The van der Waals surface area contributed by atoms with Crippen LogP contribution in [0.25, 0.3) is 0 Å². The number of nitrogens with one attached hydrogen (secondary N) is 1. The van der Waals surface area contributed by atoms with Crippen LogP contribution in [0.15, 0.2) is 59.5 Å². The molecule has 0 aliphatic carbocycles. The van der Waals surface area contributed by atoms with Gasteiger partial charge < -0.3 is 16.6 Å². The van der Waals surface area contributed by atoms with E-state index in [-0.39, 0.29) is 23.7 Å². The van der Waals surface area contributed by atoms with Crippen molar-refractivity contribution >= 4 is 31.5 Å². The first-order valence-electron chi connectivity index (χ1n) is 12.2. The van der Waals surface area contributed by atoms with Gasteiger partial charge in [0.25, 0.3) is 0 Å². The molecule has 9 nitrogen and oxygen atoms in total. The standard InChI is InChI=1S/C26H39N3O6S2/c1-18(2)10-13-22(29-37(34,35)23-14-11-21(27)12-15-23)17-20(16-19-8-6-5-7-9-19)24(36(4,32)33)26(3,31)25(28)30/h5-9,11-12,14-15,18,20,22,24,29,31H,10,13,16-17,27H2,1-4H3,(H2,28,30). The molecule has 206 valence electrons. The van der Waals surface area contributed by atoms with Crippen molar-refractivity contribution < 1.29 is 26.7 Å². The van der Waals surface area contributed by atoms with Crippen molar-refractivity contribution in [3.8, 4) is 0 Å². The second-order valence-electron chi connectivity index (χ2n) is 10.3. The molecule has 6 N–H and O–H groups in total. The van der Waals surface area contributed by atoms with E-state index in [1.807, 2.05) is 32.0 Å². The lowest BCUT2D eigenvalue weighted by Crippen LogP contribution is -2.57. The number of sulfone groups is 1. The van der Waals surface area contributed by atoms with Crippen molar-refractivity contribution in [2.75, 3.05) is 12.0 Å². The van der Waals surface area contributed by atoms with E-state index in [4.69, 9.17) is 11.5 Å². The zero-order chi connectivity index (χ0) is 28.0. The highest BCUT2D eigenvalue weighted by Gasteiger charge is 2.49. The lowest BCUT2D eigenvalue weighted by atomic mass is 9.81. The molecule has 0 aromatic heterocycles. The van der Waals surface area contributed by atoms with Gasteiger partial charge in [0.15, 0.2) is 15.4 Å². The minimum absolute atomic E-state index is 0.0275. The Balaban J connectivity index is 2.54. The van der Waals surface area contributed by atoms with Gasteiger partial charge in [-0.1, -0.05) is 44.2 Å². The van der Waals surface area contributed by atoms with E-state index >= 15 is 0 Å². The number of rotatable bonds is 14. The number of benzene rings is 2. The van der Waals surface area contributed by atoms with Gasteiger partial charge in [-0.05, 0) is 74.3 Å². The largest absolute Gasteiger partial charge is 0.399 e.